The molecule has 0 saturated heterocycles. The van der Waals surface area contributed by atoms with Crippen LogP contribution in [0, 0.1) is 0 Å². The van der Waals surface area contributed by atoms with E-state index in [0.717, 1.165) is 41.3 Å². The predicted octanol–water partition coefficient (Wildman–Crippen LogP) is 3.63. The minimum Gasteiger partial charge on any atom is -0.351 e. The first-order valence-corrected chi connectivity index (χ1v) is 13.2. The Balaban J connectivity index is 1.63. The zero-order chi connectivity index (χ0) is 25.2. The molecule has 0 amide bonds. The maximum atomic E-state index is 13.8. The Morgan fingerprint density at radius 1 is 1.03 bits per heavy atom. The summed E-state index contributed by atoms with van der Waals surface area (Å²) in [6, 6.07) is 17.9. The molecule has 1 fully saturated rings. The van der Waals surface area contributed by atoms with Crippen LogP contribution in [0.2, 0.25) is 0 Å². The van der Waals surface area contributed by atoms with Crippen LogP contribution < -0.4 is 22.3 Å². The number of nitrogens with one attached hydrogen (secondary N) is 1. The number of halogens is 1. The summed E-state index contributed by atoms with van der Waals surface area (Å²) in [5.74, 6) is 0.566. The van der Waals surface area contributed by atoms with Gasteiger partial charge in [0.2, 0.25) is 5.95 Å². The Hall–Kier alpha value is -3.17. The van der Waals surface area contributed by atoms with Crippen LogP contribution in [0.15, 0.2) is 68.7 Å². The fraction of sp³-hybridized carbons (Fsp3) is 0.370. The molecule has 2 aromatic carbocycles. The van der Waals surface area contributed by atoms with E-state index in [0.29, 0.717) is 36.6 Å². The van der Waals surface area contributed by atoms with Gasteiger partial charge in [0.1, 0.15) is 0 Å². The quantitative estimate of drug-likeness (QED) is 0.366. The smallest absolute Gasteiger partial charge is 0.332 e. The van der Waals surface area contributed by atoms with Gasteiger partial charge in [-0.2, -0.15) is 4.98 Å². The van der Waals surface area contributed by atoms with Crippen molar-refractivity contribution in [2.45, 2.75) is 57.3 Å². The Labute approximate surface area is 217 Å². The van der Waals surface area contributed by atoms with Crippen molar-refractivity contribution in [3.8, 4) is 0 Å². The summed E-state index contributed by atoms with van der Waals surface area (Å²) in [7, 11) is 1.68. The Morgan fingerprint density at radius 3 is 2.50 bits per heavy atom. The molecule has 4 aromatic rings. The average Bonchev–Trinajstić information content (AvgIpc) is 3.24. The lowest BCUT2D eigenvalue weighted by molar-refractivity contribution is 0.401. The molecule has 9 heteroatoms. The molecule has 2 aromatic heterocycles. The van der Waals surface area contributed by atoms with Gasteiger partial charge in [-0.1, -0.05) is 77.3 Å². The third kappa shape index (κ3) is 4.77. The van der Waals surface area contributed by atoms with E-state index < -0.39 is 0 Å². The predicted molar refractivity (Wildman–Crippen MR) is 146 cm³/mol. The third-order valence-corrected chi connectivity index (χ3v) is 7.89. The molecular weight excluding hydrogens is 520 g/mol. The van der Waals surface area contributed by atoms with E-state index in [1.54, 1.807) is 7.05 Å². The lowest BCUT2D eigenvalue weighted by Gasteiger charge is -2.29. The molecule has 188 valence electrons. The summed E-state index contributed by atoms with van der Waals surface area (Å²) < 4.78 is 5.65. The van der Waals surface area contributed by atoms with E-state index in [2.05, 4.69) is 21.2 Å². The second-order valence-corrected chi connectivity index (χ2v) is 10.4. The number of fused-ring (bicyclic) bond motifs is 1. The minimum atomic E-state index is -0.366. The molecule has 3 N–H and O–H groups in total. The SMILES string of the molecule is Cn1c(=O)n(CCc2ccccc2)c(=O)c2c1nc(N[C@H]1CCCC[C@@H]1N)n2Cc1ccccc1Br. The van der Waals surface area contributed by atoms with Crippen molar-refractivity contribution in [2.75, 3.05) is 5.32 Å². The molecule has 0 spiro atoms. The minimum absolute atomic E-state index is 0.0156. The first kappa shape index (κ1) is 24.5. The van der Waals surface area contributed by atoms with Gasteiger partial charge in [-0.05, 0) is 36.5 Å². The average molecular weight is 551 g/mol. The first-order valence-electron chi connectivity index (χ1n) is 12.4. The first-order chi connectivity index (χ1) is 17.4. The normalized spacial score (nSPS) is 18.0. The zero-order valence-corrected chi connectivity index (χ0v) is 21.9. The number of imidazole rings is 1. The Morgan fingerprint density at radius 2 is 1.75 bits per heavy atom. The van der Waals surface area contributed by atoms with Gasteiger partial charge in [0.05, 0.1) is 6.54 Å². The zero-order valence-electron chi connectivity index (χ0n) is 20.4. The number of aryl methyl sites for hydroxylation is 2. The van der Waals surface area contributed by atoms with Gasteiger partial charge in [-0.25, -0.2) is 4.79 Å². The van der Waals surface area contributed by atoms with Crippen LogP contribution in [0.3, 0.4) is 0 Å². The van der Waals surface area contributed by atoms with Crippen LogP contribution in [0.25, 0.3) is 11.2 Å². The van der Waals surface area contributed by atoms with Crippen molar-refractivity contribution in [3.63, 3.8) is 0 Å². The Bertz CT molecular complexity index is 1490. The Kier molecular flexibility index (Phi) is 7.11. The summed E-state index contributed by atoms with van der Waals surface area (Å²) in [5.41, 5.74) is 8.59. The van der Waals surface area contributed by atoms with Crippen LogP contribution in [0.5, 0.6) is 0 Å². The highest BCUT2D eigenvalue weighted by Gasteiger charge is 2.26. The number of benzene rings is 2. The molecule has 1 aliphatic rings. The fourth-order valence-corrected chi connectivity index (χ4v) is 5.43. The highest BCUT2D eigenvalue weighted by Crippen LogP contribution is 2.25. The van der Waals surface area contributed by atoms with E-state index >= 15 is 0 Å². The molecule has 36 heavy (non-hydrogen) atoms. The molecule has 2 heterocycles. The fourth-order valence-electron chi connectivity index (χ4n) is 5.02. The van der Waals surface area contributed by atoms with Crippen molar-refractivity contribution in [2.24, 2.45) is 12.8 Å². The molecule has 0 aliphatic heterocycles. The monoisotopic (exact) mass is 550 g/mol. The van der Waals surface area contributed by atoms with Crippen molar-refractivity contribution >= 4 is 33.0 Å². The molecule has 8 nitrogen and oxygen atoms in total. The van der Waals surface area contributed by atoms with Gasteiger partial charge in [0.25, 0.3) is 5.56 Å². The lowest BCUT2D eigenvalue weighted by atomic mass is 9.91. The van der Waals surface area contributed by atoms with Crippen molar-refractivity contribution in [1.82, 2.24) is 18.7 Å². The molecule has 2 atom stereocenters. The second-order valence-electron chi connectivity index (χ2n) is 9.52. The van der Waals surface area contributed by atoms with E-state index in [1.807, 2.05) is 59.2 Å². The van der Waals surface area contributed by atoms with Gasteiger partial charge < -0.3 is 11.1 Å². The number of hydrogen-bond donors (Lipinski definition) is 2. The topological polar surface area (TPSA) is 99.9 Å². The highest BCUT2D eigenvalue weighted by molar-refractivity contribution is 9.10. The second kappa shape index (κ2) is 10.4. The van der Waals surface area contributed by atoms with Crippen LogP contribution >= 0.6 is 15.9 Å². The molecular formula is C27H31BrN6O2. The molecule has 5 rings (SSSR count). The van der Waals surface area contributed by atoms with E-state index in [-0.39, 0.29) is 23.3 Å². The van der Waals surface area contributed by atoms with E-state index in [9.17, 15) is 9.59 Å². The number of nitrogens with two attached hydrogens (primary N) is 1. The number of anilines is 1. The standard InChI is InChI=1S/C27H31BrN6O2/c1-32-24-23(25(35)33(27(32)36)16-15-18-9-3-2-4-10-18)34(17-19-11-5-6-12-20(19)28)26(31-24)30-22-14-8-7-13-21(22)29/h2-6,9-12,21-22H,7-8,13-17,29H2,1H3,(H,30,31)/t21-,22-/m0/s1. The molecule has 1 saturated carbocycles. The van der Waals surface area contributed by atoms with Gasteiger partial charge in [-0.3, -0.25) is 18.5 Å². The highest BCUT2D eigenvalue weighted by atomic mass is 79.9. The van der Waals surface area contributed by atoms with E-state index in [1.165, 1.54) is 9.13 Å². The van der Waals surface area contributed by atoms with Crippen molar-refractivity contribution < 1.29 is 0 Å². The largest absolute Gasteiger partial charge is 0.351 e. The molecule has 0 radical (unpaired) electrons. The number of hydrogen-bond acceptors (Lipinski definition) is 5. The third-order valence-electron chi connectivity index (χ3n) is 7.12. The van der Waals surface area contributed by atoms with Gasteiger partial charge in [-0.15, -0.1) is 0 Å². The van der Waals surface area contributed by atoms with Crippen molar-refractivity contribution in [3.05, 3.63) is 91.0 Å². The van der Waals surface area contributed by atoms with Crippen LogP contribution in [-0.2, 0) is 26.6 Å². The maximum Gasteiger partial charge on any atom is 0.332 e. The number of rotatable bonds is 7. The van der Waals surface area contributed by atoms with Gasteiger partial charge in [0, 0.05) is 30.1 Å². The van der Waals surface area contributed by atoms with Crippen molar-refractivity contribution in [1.29, 1.82) is 0 Å². The summed E-state index contributed by atoms with van der Waals surface area (Å²) in [6.45, 7) is 0.719. The number of aromatic nitrogens is 4. The molecule has 1 aliphatic carbocycles. The summed E-state index contributed by atoms with van der Waals surface area (Å²) >= 11 is 3.64. The maximum absolute atomic E-state index is 13.8. The molecule has 0 unspecified atom stereocenters. The van der Waals surface area contributed by atoms with Crippen LogP contribution in [0.4, 0.5) is 5.95 Å². The van der Waals surface area contributed by atoms with Crippen LogP contribution in [-0.4, -0.2) is 30.8 Å². The van der Waals surface area contributed by atoms with E-state index in [4.69, 9.17) is 10.7 Å². The number of nitrogens with zero attached hydrogens (tertiary/aromatic N) is 4. The lowest BCUT2D eigenvalue weighted by Crippen LogP contribution is -2.43. The van der Waals surface area contributed by atoms with Gasteiger partial charge in [0.15, 0.2) is 11.2 Å². The van der Waals surface area contributed by atoms with Gasteiger partial charge >= 0.3 is 5.69 Å². The summed E-state index contributed by atoms with van der Waals surface area (Å²) in [4.78, 5) is 31.8. The summed E-state index contributed by atoms with van der Waals surface area (Å²) in [6.07, 6.45) is 4.70. The summed E-state index contributed by atoms with van der Waals surface area (Å²) in [5, 5.41) is 3.53. The van der Waals surface area contributed by atoms with Crippen LogP contribution in [0.1, 0.15) is 36.8 Å². The molecule has 0 bridgehead atoms.